The minimum atomic E-state index is -0.586. The summed E-state index contributed by atoms with van der Waals surface area (Å²) in [6, 6.07) is 14.6. The number of para-hydroxylation sites is 1. The molecule has 0 saturated carbocycles. The first-order valence-electron chi connectivity index (χ1n) is 6.45. The van der Waals surface area contributed by atoms with Crippen LogP contribution in [-0.2, 0) is 4.79 Å². The van der Waals surface area contributed by atoms with E-state index in [1.807, 2.05) is 43.3 Å². The standard InChI is InChI=1S/C16H18N2O2/c1-11-10-13(17)8-9-15(11)20-12(2)16(19)18-14-6-4-3-5-7-14/h3-10,12H,17H2,1-2H3,(H,18,19). The van der Waals surface area contributed by atoms with Gasteiger partial charge in [-0.25, -0.2) is 0 Å². The van der Waals surface area contributed by atoms with Gasteiger partial charge in [-0.15, -0.1) is 0 Å². The van der Waals surface area contributed by atoms with Crippen LogP contribution < -0.4 is 15.8 Å². The van der Waals surface area contributed by atoms with Crippen molar-refractivity contribution < 1.29 is 9.53 Å². The van der Waals surface area contributed by atoms with Crippen LogP contribution in [-0.4, -0.2) is 12.0 Å². The van der Waals surface area contributed by atoms with E-state index in [1.165, 1.54) is 0 Å². The molecule has 4 heteroatoms. The molecule has 104 valence electrons. The Morgan fingerprint density at radius 3 is 2.55 bits per heavy atom. The molecule has 0 spiro atoms. The normalized spacial score (nSPS) is 11.7. The van der Waals surface area contributed by atoms with E-state index in [4.69, 9.17) is 10.5 Å². The Morgan fingerprint density at radius 2 is 1.90 bits per heavy atom. The fraction of sp³-hybridized carbons (Fsp3) is 0.188. The molecule has 2 aromatic rings. The molecule has 20 heavy (non-hydrogen) atoms. The lowest BCUT2D eigenvalue weighted by Crippen LogP contribution is -2.30. The smallest absolute Gasteiger partial charge is 0.265 e. The number of nitrogen functional groups attached to an aromatic ring is 1. The number of hydrogen-bond donors (Lipinski definition) is 2. The zero-order valence-electron chi connectivity index (χ0n) is 11.6. The van der Waals surface area contributed by atoms with Crippen LogP contribution in [0.5, 0.6) is 5.75 Å². The molecule has 4 nitrogen and oxygen atoms in total. The number of nitrogens with two attached hydrogens (primary N) is 1. The van der Waals surface area contributed by atoms with Crippen LogP contribution in [0.2, 0.25) is 0 Å². The highest BCUT2D eigenvalue weighted by molar-refractivity contribution is 5.94. The zero-order chi connectivity index (χ0) is 14.5. The summed E-state index contributed by atoms with van der Waals surface area (Å²) in [5.74, 6) is 0.474. The molecule has 0 heterocycles. The number of ether oxygens (including phenoxy) is 1. The van der Waals surface area contributed by atoms with Crippen LogP contribution in [0.25, 0.3) is 0 Å². The molecule has 0 aliphatic carbocycles. The van der Waals surface area contributed by atoms with Crippen molar-refractivity contribution in [3.8, 4) is 5.75 Å². The minimum Gasteiger partial charge on any atom is -0.481 e. The second kappa shape index (κ2) is 6.10. The highest BCUT2D eigenvalue weighted by Gasteiger charge is 2.15. The van der Waals surface area contributed by atoms with E-state index >= 15 is 0 Å². The third kappa shape index (κ3) is 3.51. The SMILES string of the molecule is Cc1cc(N)ccc1OC(C)C(=O)Nc1ccccc1. The van der Waals surface area contributed by atoms with Gasteiger partial charge in [0.05, 0.1) is 0 Å². The second-order valence-corrected chi connectivity index (χ2v) is 4.64. The molecule has 0 aliphatic rings. The number of hydrogen-bond acceptors (Lipinski definition) is 3. The van der Waals surface area contributed by atoms with Crippen molar-refractivity contribution in [2.75, 3.05) is 11.1 Å². The summed E-state index contributed by atoms with van der Waals surface area (Å²) in [5, 5.41) is 2.80. The molecule has 1 amide bonds. The summed E-state index contributed by atoms with van der Waals surface area (Å²) in [6.45, 7) is 3.61. The largest absolute Gasteiger partial charge is 0.481 e. The van der Waals surface area contributed by atoms with Gasteiger partial charge in [-0.05, 0) is 49.7 Å². The number of rotatable bonds is 4. The Labute approximate surface area is 118 Å². The van der Waals surface area contributed by atoms with Crippen molar-refractivity contribution >= 4 is 17.3 Å². The third-order valence-corrected chi connectivity index (χ3v) is 2.91. The van der Waals surface area contributed by atoms with Crippen molar-refractivity contribution in [2.45, 2.75) is 20.0 Å². The summed E-state index contributed by atoms with van der Waals surface area (Å²) >= 11 is 0. The summed E-state index contributed by atoms with van der Waals surface area (Å²) in [5.41, 5.74) is 8.02. The van der Waals surface area contributed by atoms with Crippen LogP contribution in [0.3, 0.4) is 0 Å². The fourth-order valence-electron chi connectivity index (χ4n) is 1.81. The first-order chi connectivity index (χ1) is 9.56. The van der Waals surface area contributed by atoms with E-state index in [0.717, 1.165) is 11.3 Å². The number of aryl methyl sites for hydroxylation is 1. The molecule has 0 aromatic heterocycles. The highest BCUT2D eigenvalue weighted by atomic mass is 16.5. The number of nitrogens with one attached hydrogen (secondary N) is 1. The van der Waals surface area contributed by atoms with Crippen molar-refractivity contribution in [3.63, 3.8) is 0 Å². The second-order valence-electron chi connectivity index (χ2n) is 4.64. The lowest BCUT2D eigenvalue weighted by molar-refractivity contribution is -0.122. The van der Waals surface area contributed by atoms with E-state index in [2.05, 4.69) is 5.32 Å². The van der Waals surface area contributed by atoms with Crippen molar-refractivity contribution in [3.05, 3.63) is 54.1 Å². The number of carbonyl (C=O) groups excluding carboxylic acids is 1. The molecule has 0 aliphatic heterocycles. The van der Waals surface area contributed by atoms with E-state index in [1.54, 1.807) is 19.1 Å². The lowest BCUT2D eigenvalue weighted by Gasteiger charge is -2.16. The average molecular weight is 270 g/mol. The van der Waals surface area contributed by atoms with Crippen LogP contribution in [0.15, 0.2) is 48.5 Å². The Bertz CT molecular complexity index is 597. The molecule has 2 rings (SSSR count). The molecule has 0 radical (unpaired) electrons. The van der Waals surface area contributed by atoms with Crippen LogP contribution in [0.1, 0.15) is 12.5 Å². The van der Waals surface area contributed by atoms with Gasteiger partial charge >= 0.3 is 0 Å². The number of benzene rings is 2. The van der Waals surface area contributed by atoms with E-state index in [-0.39, 0.29) is 5.91 Å². The summed E-state index contributed by atoms with van der Waals surface area (Å²) in [6.07, 6.45) is -0.586. The summed E-state index contributed by atoms with van der Waals surface area (Å²) in [4.78, 5) is 12.0. The molecule has 2 aromatic carbocycles. The van der Waals surface area contributed by atoms with Gasteiger partial charge in [0.1, 0.15) is 5.75 Å². The minimum absolute atomic E-state index is 0.188. The maximum atomic E-state index is 12.0. The topological polar surface area (TPSA) is 64.3 Å². The number of carbonyl (C=O) groups is 1. The molecule has 0 fully saturated rings. The Balaban J connectivity index is 2.00. The first-order valence-corrected chi connectivity index (χ1v) is 6.45. The monoisotopic (exact) mass is 270 g/mol. The summed E-state index contributed by atoms with van der Waals surface area (Å²) < 4.78 is 5.67. The maximum Gasteiger partial charge on any atom is 0.265 e. The van der Waals surface area contributed by atoms with Crippen LogP contribution in [0.4, 0.5) is 11.4 Å². The molecule has 3 N–H and O–H groups in total. The van der Waals surface area contributed by atoms with Crippen molar-refractivity contribution in [1.82, 2.24) is 0 Å². The van der Waals surface area contributed by atoms with Crippen molar-refractivity contribution in [2.24, 2.45) is 0 Å². The van der Waals surface area contributed by atoms with Crippen molar-refractivity contribution in [1.29, 1.82) is 0 Å². The number of anilines is 2. The molecule has 0 saturated heterocycles. The Hall–Kier alpha value is -2.49. The predicted molar refractivity (Wildman–Crippen MR) is 80.8 cm³/mol. The molecule has 1 unspecified atom stereocenters. The van der Waals surface area contributed by atoms with Crippen LogP contribution in [0, 0.1) is 6.92 Å². The fourth-order valence-corrected chi connectivity index (χ4v) is 1.81. The summed E-state index contributed by atoms with van der Waals surface area (Å²) in [7, 11) is 0. The predicted octanol–water partition coefficient (Wildman–Crippen LogP) is 2.98. The van der Waals surface area contributed by atoms with Gasteiger partial charge in [-0.3, -0.25) is 4.79 Å². The van der Waals surface area contributed by atoms with E-state index < -0.39 is 6.10 Å². The number of amides is 1. The maximum absolute atomic E-state index is 12.0. The zero-order valence-corrected chi connectivity index (χ0v) is 11.6. The van der Waals surface area contributed by atoms with Gasteiger partial charge in [0.25, 0.3) is 5.91 Å². The van der Waals surface area contributed by atoms with Gasteiger partial charge in [-0.2, -0.15) is 0 Å². The molecular weight excluding hydrogens is 252 g/mol. The van der Waals surface area contributed by atoms with E-state index in [9.17, 15) is 4.79 Å². The van der Waals surface area contributed by atoms with Gasteiger partial charge in [0.2, 0.25) is 0 Å². The third-order valence-electron chi connectivity index (χ3n) is 2.91. The van der Waals surface area contributed by atoms with Gasteiger partial charge in [-0.1, -0.05) is 18.2 Å². The Kier molecular flexibility index (Phi) is 4.25. The quantitative estimate of drug-likeness (QED) is 0.839. The van der Waals surface area contributed by atoms with Gasteiger partial charge < -0.3 is 15.8 Å². The molecule has 1 atom stereocenters. The average Bonchev–Trinajstić information content (AvgIpc) is 2.43. The first kappa shape index (κ1) is 13.9. The van der Waals surface area contributed by atoms with Crippen LogP contribution >= 0.6 is 0 Å². The van der Waals surface area contributed by atoms with Gasteiger partial charge in [0.15, 0.2) is 6.10 Å². The lowest BCUT2D eigenvalue weighted by atomic mass is 10.2. The Morgan fingerprint density at radius 1 is 1.20 bits per heavy atom. The van der Waals surface area contributed by atoms with Gasteiger partial charge in [0, 0.05) is 11.4 Å². The molecular formula is C16H18N2O2. The van der Waals surface area contributed by atoms with E-state index in [0.29, 0.717) is 11.4 Å². The molecule has 0 bridgehead atoms. The highest BCUT2D eigenvalue weighted by Crippen LogP contribution is 2.21.